The molecule has 16 heavy (non-hydrogen) atoms. The fourth-order valence-corrected chi connectivity index (χ4v) is 2.02. The standard InChI is InChI=1S/C11H22N4S/c1-5-9(3)15(4)8-7-12-11-13-10(6-2)14-16-11/h9H,5-8H2,1-4H3,(H,12,13,14). The fraction of sp³-hybridized carbons (Fsp3) is 0.818. The van der Waals surface area contributed by atoms with Crippen LogP contribution in [0.2, 0.25) is 0 Å². The molecule has 0 aliphatic rings. The van der Waals surface area contributed by atoms with E-state index in [-0.39, 0.29) is 0 Å². The van der Waals surface area contributed by atoms with Crippen molar-refractivity contribution in [3.8, 4) is 0 Å². The van der Waals surface area contributed by atoms with Gasteiger partial charge in [0.25, 0.3) is 0 Å². The summed E-state index contributed by atoms with van der Waals surface area (Å²) in [5, 5.41) is 4.25. The van der Waals surface area contributed by atoms with E-state index in [0.717, 1.165) is 30.5 Å². The highest BCUT2D eigenvalue weighted by atomic mass is 32.1. The van der Waals surface area contributed by atoms with Crippen molar-refractivity contribution in [3.05, 3.63) is 5.82 Å². The molecule has 1 aromatic rings. The van der Waals surface area contributed by atoms with E-state index in [0.29, 0.717) is 6.04 Å². The molecule has 0 spiro atoms. The Morgan fingerprint density at radius 1 is 1.44 bits per heavy atom. The Morgan fingerprint density at radius 2 is 2.19 bits per heavy atom. The van der Waals surface area contributed by atoms with Gasteiger partial charge in [-0.2, -0.15) is 4.37 Å². The molecule has 1 rings (SSSR count). The van der Waals surface area contributed by atoms with E-state index < -0.39 is 0 Å². The lowest BCUT2D eigenvalue weighted by Gasteiger charge is -2.23. The minimum absolute atomic E-state index is 0.641. The summed E-state index contributed by atoms with van der Waals surface area (Å²) in [6.07, 6.45) is 2.10. The van der Waals surface area contributed by atoms with Gasteiger partial charge >= 0.3 is 0 Å². The van der Waals surface area contributed by atoms with Gasteiger partial charge in [0, 0.05) is 37.1 Å². The molecule has 1 N–H and O–H groups in total. The van der Waals surface area contributed by atoms with Crippen LogP contribution in [-0.4, -0.2) is 40.4 Å². The summed E-state index contributed by atoms with van der Waals surface area (Å²) in [6.45, 7) is 8.50. The molecule has 1 aromatic heterocycles. The van der Waals surface area contributed by atoms with E-state index in [4.69, 9.17) is 0 Å². The number of rotatable bonds is 7. The maximum atomic E-state index is 4.37. The summed E-state index contributed by atoms with van der Waals surface area (Å²) in [5.74, 6) is 0.933. The van der Waals surface area contributed by atoms with Gasteiger partial charge in [0.05, 0.1) is 0 Å². The number of nitrogens with one attached hydrogen (secondary N) is 1. The molecule has 1 unspecified atom stereocenters. The molecule has 4 nitrogen and oxygen atoms in total. The number of likely N-dealkylation sites (N-methyl/N-ethyl adjacent to an activating group) is 1. The van der Waals surface area contributed by atoms with Crippen LogP contribution in [0.25, 0.3) is 0 Å². The lowest BCUT2D eigenvalue weighted by atomic mass is 10.2. The number of aromatic nitrogens is 2. The molecule has 0 aliphatic heterocycles. The van der Waals surface area contributed by atoms with Crippen LogP contribution in [0.1, 0.15) is 33.0 Å². The summed E-state index contributed by atoms with van der Waals surface area (Å²) >= 11 is 1.45. The third kappa shape index (κ3) is 4.06. The molecule has 0 aliphatic carbocycles. The van der Waals surface area contributed by atoms with Crippen molar-refractivity contribution in [2.45, 2.75) is 39.7 Å². The van der Waals surface area contributed by atoms with Gasteiger partial charge in [-0.15, -0.1) is 0 Å². The Hall–Kier alpha value is -0.680. The van der Waals surface area contributed by atoms with E-state index in [2.05, 4.69) is 47.4 Å². The predicted octanol–water partition coefficient (Wildman–Crippen LogP) is 2.24. The van der Waals surface area contributed by atoms with E-state index >= 15 is 0 Å². The second-order valence-corrected chi connectivity index (χ2v) is 4.79. The van der Waals surface area contributed by atoms with E-state index in [1.165, 1.54) is 18.0 Å². The van der Waals surface area contributed by atoms with Crippen LogP contribution in [-0.2, 0) is 6.42 Å². The van der Waals surface area contributed by atoms with Gasteiger partial charge < -0.3 is 10.2 Å². The molecule has 0 amide bonds. The first-order valence-electron chi connectivity index (χ1n) is 5.94. The minimum Gasteiger partial charge on any atom is -0.359 e. The van der Waals surface area contributed by atoms with Crippen molar-refractivity contribution >= 4 is 16.7 Å². The quantitative estimate of drug-likeness (QED) is 0.796. The van der Waals surface area contributed by atoms with Crippen molar-refractivity contribution in [2.24, 2.45) is 0 Å². The zero-order valence-corrected chi connectivity index (χ0v) is 11.5. The second-order valence-electron chi connectivity index (χ2n) is 4.03. The van der Waals surface area contributed by atoms with Gasteiger partial charge in [0.2, 0.25) is 5.13 Å². The van der Waals surface area contributed by atoms with Gasteiger partial charge in [0.1, 0.15) is 5.82 Å². The molecule has 0 saturated carbocycles. The summed E-state index contributed by atoms with van der Waals surface area (Å²) in [5.41, 5.74) is 0. The first-order chi connectivity index (χ1) is 7.67. The van der Waals surface area contributed by atoms with Crippen LogP contribution < -0.4 is 5.32 Å². The molecular weight excluding hydrogens is 220 g/mol. The molecule has 0 aromatic carbocycles. The van der Waals surface area contributed by atoms with E-state index in [9.17, 15) is 0 Å². The number of hydrogen-bond acceptors (Lipinski definition) is 5. The van der Waals surface area contributed by atoms with Crippen molar-refractivity contribution in [3.63, 3.8) is 0 Å². The van der Waals surface area contributed by atoms with Crippen molar-refractivity contribution in [2.75, 3.05) is 25.5 Å². The average Bonchev–Trinajstić information content (AvgIpc) is 2.75. The monoisotopic (exact) mass is 242 g/mol. The Balaban J connectivity index is 2.24. The maximum absolute atomic E-state index is 4.37. The molecule has 1 atom stereocenters. The van der Waals surface area contributed by atoms with Crippen molar-refractivity contribution in [1.29, 1.82) is 0 Å². The smallest absolute Gasteiger partial charge is 0.202 e. The molecular formula is C11H22N4S. The largest absolute Gasteiger partial charge is 0.359 e. The van der Waals surface area contributed by atoms with E-state index in [1.807, 2.05) is 0 Å². The van der Waals surface area contributed by atoms with Gasteiger partial charge in [-0.05, 0) is 20.4 Å². The van der Waals surface area contributed by atoms with E-state index in [1.54, 1.807) is 0 Å². The number of anilines is 1. The first-order valence-corrected chi connectivity index (χ1v) is 6.71. The molecule has 0 fully saturated rings. The summed E-state index contributed by atoms with van der Waals surface area (Å²) in [7, 11) is 2.16. The Bertz CT molecular complexity index is 300. The fourth-order valence-electron chi connectivity index (χ4n) is 1.34. The normalized spacial score (nSPS) is 13.1. The van der Waals surface area contributed by atoms with Crippen LogP contribution in [0.4, 0.5) is 5.13 Å². The highest BCUT2D eigenvalue weighted by Gasteiger charge is 2.06. The predicted molar refractivity (Wildman–Crippen MR) is 70.2 cm³/mol. The summed E-state index contributed by atoms with van der Waals surface area (Å²) < 4.78 is 4.24. The third-order valence-electron chi connectivity index (χ3n) is 2.87. The SMILES string of the molecule is CCc1nsc(NCCN(C)C(C)CC)n1. The van der Waals surface area contributed by atoms with Gasteiger partial charge in [-0.1, -0.05) is 13.8 Å². The number of aryl methyl sites for hydroxylation is 1. The second kappa shape index (κ2) is 6.81. The highest BCUT2D eigenvalue weighted by molar-refractivity contribution is 7.09. The Kier molecular flexibility index (Phi) is 5.69. The number of hydrogen-bond donors (Lipinski definition) is 1. The van der Waals surface area contributed by atoms with Gasteiger partial charge in [-0.25, -0.2) is 4.98 Å². The highest BCUT2D eigenvalue weighted by Crippen LogP contribution is 2.10. The molecule has 0 radical (unpaired) electrons. The van der Waals surface area contributed by atoms with Crippen molar-refractivity contribution < 1.29 is 0 Å². The van der Waals surface area contributed by atoms with Crippen LogP contribution in [0, 0.1) is 0 Å². The third-order valence-corrected chi connectivity index (χ3v) is 3.58. The van der Waals surface area contributed by atoms with Crippen LogP contribution >= 0.6 is 11.5 Å². The molecule has 5 heteroatoms. The van der Waals surface area contributed by atoms with Crippen molar-refractivity contribution in [1.82, 2.24) is 14.3 Å². The van der Waals surface area contributed by atoms with Crippen LogP contribution in [0.15, 0.2) is 0 Å². The molecule has 0 bridgehead atoms. The zero-order chi connectivity index (χ0) is 12.0. The van der Waals surface area contributed by atoms with Gasteiger partial charge in [0.15, 0.2) is 0 Å². The summed E-state index contributed by atoms with van der Waals surface area (Å²) in [6, 6.07) is 0.641. The molecule has 92 valence electrons. The minimum atomic E-state index is 0.641. The van der Waals surface area contributed by atoms with Crippen LogP contribution in [0.5, 0.6) is 0 Å². The Labute approximate surface area is 102 Å². The van der Waals surface area contributed by atoms with Gasteiger partial charge in [-0.3, -0.25) is 0 Å². The molecule has 1 heterocycles. The lowest BCUT2D eigenvalue weighted by molar-refractivity contribution is 0.261. The topological polar surface area (TPSA) is 41.1 Å². The molecule has 0 saturated heterocycles. The lowest BCUT2D eigenvalue weighted by Crippen LogP contribution is -2.32. The average molecular weight is 242 g/mol. The summed E-state index contributed by atoms with van der Waals surface area (Å²) in [4.78, 5) is 6.72. The van der Waals surface area contributed by atoms with Crippen LogP contribution in [0.3, 0.4) is 0 Å². The zero-order valence-electron chi connectivity index (χ0n) is 10.7. The first kappa shape index (κ1) is 13.4. The number of nitrogens with zero attached hydrogens (tertiary/aromatic N) is 3. The maximum Gasteiger partial charge on any atom is 0.202 e. The Morgan fingerprint density at radius 3 is 2.75 bits per heavy atom.